The minimum Gasteiger partial charge on any atom is -0.390 e. The van der Waals surface area contributed by atoms with E-state index in [1.807, 2.05) is 0 Å². The van der Waals surface area contributed by atoms with Gasteiger partial charge in [0.1, 0.15) is 13.1 Å². The van der Waals surface area contributed by atoms with Crippen molar-refractivity contribution in [1.82, 2.24) is 0 Å². The zero-order valence-electron chi connectivity index (χ0n) is 4.93. The van der Waals surface area contributed by atoms with Gasteiger partial charge < -0.3 is 10.2 Å². The number of aliphatic hydroxyl groups excluding tert-OH is 2. The van der Waals surface area contributed by atoms with Crippen LogP contribution in [-0.4, -0.2) is 39.1 Å². The van der Waals surface area contributed by atoms with E-state index in [0.29, 0.717) is 15.6 Å². The van der Waals surface area contributed by atoms with E-state index in [1.54, 1.807) is 0 Å². The van der Waals surface area contributed by atoms with Crippen LogP contribution in [0.15, 0.2) is 0 Å². The van der Waals surface area contributed by atoms with Gasteiger partial charge in [-0.1, -0.05) is 0 Å². The molecule has 56 valence electrons. The number of hydrogen-bond donors (Lipinski definition) is 2. The van der Waals surface area contributed by atoms with E-state index in [9.17, 15) is 0 Å². The molecule has 2 N–H and O–H groups in total. The lowest BCUT2D eigenvalue weighted by Gasteiger charge is -2.18. The molecule has 0 bridgehead atoms. The summed E-state index contributed by atoms with van der Waals surface area (Å²) in [6.07, 6.45) is 0. The Balaban J connectivity index is 3.43. The van der Waals surface area contributed by atoms with Crippen molar-refractivity contribution in [2.75, 3.05) is 26.3 Å². The van der Waals surface area contributed by atoms with Gasteiger partial charge in [-0.05, 0) is 0 Å². The largest absolute Gasteiger partial charge is 0.390 e. The summed E-state index contributed by atoms with van der Waals surface area (Å²) in [5, 5.41) is 16.9. The highest BCUT2D eigenvalue weighted by atomic mass is 79.9. The maximum Gasteiger partial charge on any atom is 0.239 e. The first kappa shape index (κ1) is 9.84. The van der Waals surface area contributed by atoms with Crippen LogP contribution in [0.3, 0.4) is 0 Å². The summed E-state index contributed by atoms with van der Waals surface area (Å²) < 4.78 is 0.312. The minimum absolute atomic E-state index is 0.0938. The molecular formula is C4H10Br2NO2+. The average molecular weight is 264 g/mol. The molecule has 5 heteroatoms. The molecule has 3 nitrogen and oxygen atoms in total. The molecule has 0 radical (unpaired) electrons. The molecule has 9 heavy (non-hydrogen) atoms. The highest BCUT2D eigenvalue weighted by Gasteiger charge is 2.19. The van der Waals surface area contributed by atoms with Crippen LogP contribution >= 0.6 is 32.3 Å². The fraction of sp³-hybridized carbons (Fsp3) is 1.00. The summed E-state index contributed by atoms with van der Waals surface area (Å²) in [7, 11) is 0. The summed E-state index contributed by atoms with van der Waals surface area (Å²) >= 11 is 6.47. The number of aliphatic hydroxyl groups is 2. The Bertz CT molecular complexity index is 71.0. The Morgan fingerprint density at radius 1 is 1.00 bits per heavy atom. The number of nitrogens with zero attached hydrogens (tertiary/aromatic N) is 1. The molecule has 0 spiro atoms. The van der Waals surface area contributed by atoms with E-state index < -0.39 is 0 Å². The molecular weight excluding hydrogens is 254 g/mol. The Morgan fingerprint density at radius 2 is 1.33 bits per heavy atom. The van der Waals surface area contributed by atoms with Crippen LogP contribution in [-0.2, 0) is 0 Å². The standard InChI is InChI=1S/C4H10Br2NO2/c5-7(6,1-3-8)2-4-9/h8-9H,1-4H2/q+1. The topological polar surface area (TPSA) is 40.5 Å². The summed E-state index contributed by atoms with van der Waals surface area (Å²) in [6, 6.07) is 0. The lowest BCUT2D eigenvalue weighted by Crippen LogP contribution is -2.31. The van der Waals surface area contributed by atoms with Gasteiger partial charge in [0.15, 0.2) is 0 Å². The normalized spacial score (nSPS) is 12.0. The summed E-state index contributed by atoms with van der Waals surface area (Å²) in [5.74, 6) is 0. The zero-order chi connectivity index (χ0) is 7.33. The van der Waals surface area contributed by atoms with Gasteiger partial charge in [0.25, 0.3) is 0 Å². The lowest BCUT2D eigenvalue weighted by atomic mass is 10.6. The van der Waals surface area contributed by atoms with Gasteiger partial charge in [0.05, 0.1) is 13.2 Å². The molecule has 0 aliphatic rings. The molecule has 0 heterocycles. The molecule has 0 saturated heterocycles. The van der Waals surface area contributed by atoms with Crippen molar-refractivity contribution < 1.29 is 12.7 Å². The van der Waals surface area contributed by atoms with E-state index in [2.05, 4.69) is 32.3 Å². The van der Waals surface area contributed by atoms with Gasteiger partial charge in [-0.15, -0.1) is 0 Å². The molecule has 0 unspecified atom stereocenters. The molecule has 0 fully saturated rings. The second-order valence-corrected chi connectivity index (χ2v) is 5.33. The summed E-state index contributed by atoms with van der Waals surface area (Å²) in [4.78, 5) is 0. The van der Waals surface area contributed by atoms with Crippen LogP contribution in [0.4, 0.5) is 0 Å². The maximum absolute atomic E-state index is 8.47. The average Bonchev–Trinajstić information content (AvgIpc) is 1.64. The van der Waals surface area contributed by atoms with Crippen molar-refractivity contribution in [2.45, 2.75) is 0 Å². The molecule has 0 rings (SSSR count). The highest BCUT2D eigenvalue weighted by Crippen LogP contribution is 2.20. The van der Waals surface area contributed by atoms with Crippen molar-refractivity contribution in [3.63, 3.8) is 0 Å². The molecule has 0 amide bonds. The van der Waals surface area contributed by atoms with E-state index in [-0.39, 0.29) is 13.2 Å². The SMILES string of the molecule is OCC[N+](Br)(Br)CCO. The van der Waals surface area contributed by atoms with Crippen LogP contribution in [0.25, 0.3) is 0 Å². The van der Waals surface area contributed by atoms with Crippen molar-refractivity contribution in [3.05, 3.63) is 0 Å². The number of rotatable bonds is 4. The molecule has 0 saturated carbocycles. The molecule has 0 aliphatic carbocycles. The predicted octanol–water partition coefficient (Wildman–Crippen LogP) is 0.408. The van der Waals surface area contributed by atoms with Crippen LogP contribution in [0.1, 0.15) is 0 Å². The van der Waals surface area contributed by atoms with E-state index >= 15 is 0 Å². The molecule has 0 aromatic heterocycles. The molecule has 0 aliphatic heterocycles. The lowest BCUT2D eigenvalue weighted by molar-refractivity contribution is -0.616. The smallest absolute Gasteiger partial charge is 0.239 e. The fourth-order valence-corrected chi connectivity index (χ4v) is 1.04. The zero-order valence-corrected chi connectivity index (χ0v) is 8.10. The monoisotopic (exact) mass is 262 g/mol. The Morgan fingerprint density at radius 3 is 1.56 bits per heavy atom. The predicted molar refractivity (Wildman–Crippen MR) is 42.0 cm³/mol. The van der Waals surface area contributed by atoms with Gasteiger partial charge in [-0.25, -0.2) is 0 Å². The Hall–Kier alpha value is 0.840. The first-order valence-corrected chi connectivity index (χ1v) is 4.02. The highest BCUT2D eigenvalue weighted by molar-refractivity contribution is 9.16. The van der Waals surface area contributed by atoms with Gasteiger partial charge in [-0.3, -0.25) is 0 Å². The molecule has 0 aromatic carbocycles. The summed E-state index contributed by atoms with van der Waals surface area (Å²) in [6.45, 7) is 1.27. The van der Waals surface area contributed by atoms with Crippen LogP contribution in [0, 0.1) is 0 Å². The molecule has 0 atom stereocenters. The number of quaternary nitrogens is 1. The summed E-state index contributed by atoms with van der Waals surface area (Å²) in [5.41, 5.74) is 0. The van der Waals surface area contributed by atoms with E-state index in [1.165, 1.54) is 0 Å². The van der Waals surface area contributed by atoms with E-state index in [4.69, 9.17) is 10.2 Å². The van der Waals surface area contributed by atoms with Crippen molar-refractivity contribution >= 4 is 32.3 Å². The number of hydrogen-bond acceptors (Lipinski definition) is 2. The second-order valence-electron chi connectivity index (χ2n) is 1.66. The Kier molecular flexibility index (Phi) is 5.06. The van der Waals surface area contributed by atoms with Crippen molar-refractivity contribution in [1.29, 1.82) is 0 Å². The van der Waals surface area contributed by atoms with Crippen molar-refractivity contribution in [3.8, 4) is 0 Å². The van der Waals surface area contributed by atoms with E-state index in [0.717, 1.165) is 0 Å². The number of halogens is 2. The van der Waals surface area contributed by atoms with Crippen LogP contribution in [0.2, 0.25) is 0 Å². The Labute approximate surface area is 71.5 Å². The van der Waals surface area contributed by atoms with Crippen molar-refractivity contribution in [2.24, 2.45) is 0 Å². The first-order valence-electron chi connectivity index (χ1n) is 2.60. The third-order valence-electron chi connectivity index (χ3n) is 0.854. The van der Waals surface area contributed by atoms with Gasteiger partial charge in [0.2, 0.25) is 32.3 Å². The second kappa shape index (κ2) is 4.62. The third-order valence-corrected chi connectivity index (χ3v) is 2.27. The third kappa shape index (κ3) is 5.29. The van der Waals surface area contributed by atoms with Crippen LogP contribution < -0.4 is 0 Å². The maximum atomic E-state index is 8.47. The van der Waals surface area contributed by atoms with Gasteiger partial charge >= 0.3 is 0 Å². The molecule has 0 aromatic rings. The van der Waals surface area contributed by atoms with Crippen LogP contribution in [0.5, 0.6) is 0 Å². The quantitative estimate of drug-likeness (QED) is 0.722. The first-order chi connectivity index (χ1) is 4.12. The van der Waals surface area contributed by atoms with Gasteiger partial charge in [0, 0.05) is 0 Å². The fourth-order valence-electron chi connectivity index (χ4n) is 0.404. The van der Waals surface area contributed by atoms with Gasteiger partial charge in [-0.2, -0.15) is 2.54 Å². The minimum atomic E-state index is 0.0938.